The third-order valence-corrected chi connectivity index (χ3v) is 6.46. The Hall–Kier alpha value is -2.84. The van der Waals surface area contributed by atoms with Crippen LogP contribution in [0.1, 0.15) is 37.4 Å². The molecule has 3 aromatic rings. The fourth-order valence-electron chi connectivity index (χ4n) is 4.61. The van der Waals surface area contributed by atoms with Crippen molar-refractivity contribution in [1.29, 1.82) is 0 Å². The smallest absolute Gasteiger partial charge is 0.147 e. The van der Waals surface area contributed by atoms with E-state index in [0.717, 1.165) is 36.3 Å². The van der Waals surface area contributed by atoms with E-state index in [9.17, 15) is 0 Å². The molecule has 33 heavy (non-hydrogen) atoms. The molecule has 1 aromatic carbocycles. The van der Waals surface area contributed by atoms with Crippen molar-refractivity contribution >= 4 is 5.69 Å². The maximum absolute atomic E-state index is 15.1. The molecule has 1 unspecified atom stereocenters. The van der Waals surface area contributed by atoms with Crippen molar-refractivity contribution in [3.8, 4) is 11.3 Å². The lowest BCUT2D eigenvalue weighted by Crippen LogP contribution is -2.61. The molecular weight excluding hydrogens is 421 g/mol. The minimum Gasteiger partial charge on any atom is -0.376 e. The van der Waals surface area contributed by atoms with Gasteiger partial charge in [0, 0.05) is 31.5 Å². The predicted molar refractivity (Wildman–Crippen MR) is 123 cm³/mol. The molecule has 2 aromatic heterocycles. The highest BCUT2D eigenvalue weighted by Gasteiger charge is 2.41. The van der Waals surface area contributed by atoms with E-state index in [1.165, 1.54) is 6.42 Å². The monoisotopic (exact) mass is 451 g/mol. The summed E-state index contributed by atoms with van der Waals surface area (Å²) in [7, 11) is 0. The molecule has 0 amide bonds. The first kappa shape index (κ1) is 22.0. The maximum Gasteiger partial charge on any atom is 0.147 e. The Balaban J connectivity index is 1.23. The molecule has 4 heterocycles. The highest BCUT2D eigenvalue weighted by molar-refractivity contribution is 5.68. The number of nitrogens with zero attached hydrogens (tertiary/aromatic N) is 5. The number of hydrogen-bond donors (Lipinski definition) is 0. The van der Waals surface area contributed by atoms with Crippen molar-refractivity contribution in [2.45, 2.75) is 58.0 Å². The average Bonchev–Trinajstić information content (AvgIpc) is 3.27. The Morgan fingerprint density at radius 3 is 2.88 bits per heavy atom. The van der Waals surface area contributed by atoms with Gasteiger partial charge in [0.15, 0.2) is 0 Å². The van der Waals surface area contributed by atoms with Crippen LogP contribution in [0.4, 0.5) is 10.1 Å². The van der Waals surface area contributed by atoms with Gasteiger partial charge in [-0.3, -0.25) is 4.98 Å². The van der Waals surface area contributed by atoms with Gasteiger partial charge in [-0.15, -0.1) is 5.10 Å². The standard InChI is InChI=1S/C25H30FN5O2/c1-18-11-24(30-16-25(2,17-30)33-15-19-7-3-5-9-27-19)22(26)12-21(18)23-14-31(29-28-23)13-20-8-4-6-10-32-20/h3,5,7,9,11-12,14,20H,4,6,8,10,13,15-17H2,1-2H3. The molecule has 2 fully saturated rings. The molecule has 0 bridgehead atoms. The van der Waals surface area contributed by atoms with E-state index in [4.69, 9.17) is 9.47 Å². The second-order valence-electron chi connectivity index (χ2n) is 9.35. The van der Waals surface area contributed by atoms with Crippen molar-refractivity contribution in [3.63, 3.8) is 0 Å². The van der Waals surface area contributed by atoms with Gasteiger partial charge in [-0.2, -0.15) is 0 Å². The number of aromatic nitrogens is 4. The van der Waals surface area contributed by atoms with Gasteiger partial charge < -0.3 is 14.4 Å². The molecule has 0 saturated carbocycles. The van der Waals surface area contributed by atoms with Crippen LogP contribution in [0.15, 0.2) is 42.7 Å². The van der Waals surface area contributed by atoms with E-state index in [2.05, 4.69) is 22.2 Å². The Bertz CT molecular complexity index is 1090. The molecule has 7 nitrogen and oxygen atoms in total. The van der Waals surface area contributed by atoms with E-state index in [1.54, 1.807) is 16.9 Å². The molecule has 8 heteroatoms. The van der Waals surface area contributed by atoms with E-state index in [-0.39, 0.29) is 17.5 Å². The molecule has 5 rings (SSSR count). The van der Waals surface area contributed by atoms with Crippen LogP contribution in [0.3, 0.4) is 0 Å². The van der Waals surface area contributed by atoms with Gasteiger partial charge in [0.25, 0.3) is 0 Å². The third kappa shape index (κ3) is 4.91. The number of ether oxygens (including phenoxy) is 2. The second-order valence-corrected chi connectivity index (χ2v) is 9.35. The molecule has 0 aliphatic carbocycles. The predicted octanol–water partition coefficient (Wildman–Crippen LogP) is 4.15. The van der Waals surface area contributed by atoms with E-state index in [1.807, 2.05) is 42.3 Å². The van der Waals surface area contributed by atoms with Crippen LogP contribution in [0.25, 0.3) is 11.3 Å². The molecule has 0 spiro atoms. The number of hydrogen-bond acceptors (Lipinski definition) is 6. The van der Waals surface area contributed by atoms with Gasteiger partial charge in [-0.25, -0.2) is 9.07 Å². The van der Waals surface area contributed by atoms with Crippen molar-refractivity contribution < 1.29 is 13.9 Å². The summed E-state index contributed by atoms with van der Waals surface area (Å²) >= 11 is 0. The zero-order valence-corrected chi connectivity index (χ0v) is 19.2. The summed E-state index contributed by atoms with van der Waals surface area (Å²) < 4.78 is 28.8. The third-order valence-electron chi connectivity index (χ3n) is 6.46. The minimum atomic E-state index is -0.319. The van der Waals surface area contributed by atoms with Gasteiger partial charge in [-0.05, 0) is 62.9 Å². The maximum atomic E-state index is 15.1. The summed E-state index contributed by atoms with van der Waals surface area (Å²) in [4.78, 5) is 6.31. The molecule has 2 aliphatic rings. The Morgan fingerprint density at radius 2 is 2.12 bits per heavy atom. The number of rotatable bonds is 7. The first-order valence-electron chi connectivity index (χ1n) is 11.6. The average molecular weight is 452 g/mol. The van der Waals surface area contributed by atoms with E-state index >= 15 is 4.39 Å². The van der Waals surface area contributed by atoms with Crippen molar-refractivity contribution in [3.05, 3.63) is 59.8 Å². The lowest BCUT2D eigenvalue weighted by atomic mass is 9.94. The largest absolute Gasteiger partial charge is 0.376 e. The second kappa shape index (κ2) is 9.19. The first-order valence-corrected chi connectivity index (χ1v) is 11.6. The zero-order chi connectivity index (χ0) is 22.8. The van der Waals surface area contributed by atoms with Crippen LogP contribution in [-0.2, 0) is 22.6 Å². The Kier molecular flexibility index (Phi) is 6.12. The molecule has 1 atom stereocenters. The lowest BCUT2D eigenvalue weighted by molar-refractivity contribution is -0.0629. The normalized spacial score (nSPS) is 20.0. The molecule has 2 saturated heterocycles. The van der Waals surface area contributed by atoms with Crippen LogP contribution < -0.4 is 4.90 Å². The molecule has 2 aliphatic heterocycles. The fraction of sp³-hybridized carbons (Fsp3) is 0.480. The topological polar surface area (TPSA) is 65.3 Å². The van der Waals surface area contributed by atoms with Crippen molar-refractivity contribution in [1.82, 2.24) is 20.0 Å². The zero-order valence-electron chi connectivity index (χ0n) is 19.2. The number of pyridine rings is 1. The van der Waals surface area contributed by atoms with Gasteiger partial charge in [0.1, 0.15) is 17.1 Å². The fourth-order valence-corrected chi connectivity index (χ4v) is 4.61. The van der Waals surface area contributed by atoms with Gasteiger partial charge in [-0.1, -0.05) is 11.3 Å². The van der Waals surface area contributed by atoms with Crippen LogP contribution in [0.5, 0.6) is 0 Å². The molecule has 0 radical (unpaired) electrons. The number of aryl methyl sites for hydroxylation is 1. The minimum absolute atomic E-state index is 0.175. The molecular formula is C25H30FN5O2. The quantitative estimate of drug-likeness (QED) is 0.538. The van der Waals surface area contributed by atoms with Crippen LogP contribution >= 0.6 is 0 Å². The SMILES string of the molecule is Cc1cc(N2CC(C)(OCc3ccccn3)C2)c(F)cc1-c1cn(CC2CCCCO2)nn1. The summed E-state index contributed by atoms with van der Waals surface area (Å²) in [5, 5.41) is 8.53. The number of halogens is 1. The van der Waals surface area contributed by atoms with Crippen molar-refractivity contribution in [2.24, 2.45) is 0 Å². The van der Waals surface area contributed by atoms with Crippen LogP contribution in [-0.4, -0.2) is 51.4 Å². The summed E-state index contributed by atoms with van der Waals surface area (Å²) in [5.41, 5.74) is 3.59. The Morgan fingerprint density at radius 1 is 1.24 bits per heavy atom. The first-order chi connectivity index (χ1) is 16.0. The highest BCUT2D eigenvalue weighted by Crippen LogP contribution is 2.35. The van der Waals surface area contributed by atoms with Crippen LogP contribution in [0, 0.1) is 12.7 Å². The van der Waals surface area contributed by atoms with Gasteiger partial charge >= 0.3 is 0 Å². The molecule has 0 N–H and O–H groups in total. The highest BCUT2D eigenvalue weighted by atomic mass is 19.1. The lowest BCUT2D eigenvalue weighted by Gasteiger charge is -2.49. The Labute approximate surface area is 193 Å². The number of benzene rings is 1. The van der Waals surface area contributed by atoms with Gasteiger partial charge in [0.05, 0.1) is 36.8 Å². The summed E-state index contributed by atoms with van der Waals surface area (Å²) in [6.07, 6.45) is 7.16. The van der Waals surface area contributed by atoms with E-state index in [0.29, 0.717) is 37.6 Å². The van der Waals surface area contributed by atoms with Crippen molar-refractivity contribution in [2.75, 3.05) is 24.6 Å². The number of anilines is 1. The van der Waals surface area contributed by atoms with Gasteiger partial charge in [0.2, 0.25) is 0 Å². The summed E-state index contributed by atoms with van der Waals surface area (Å²) in [5.74, 6) is -0.257. The van der Waals surface area contributed by atoms with Crippen LogP contribution in [0.2, 0.25) is 0 Å². The molecule has 174 valence electrons. The van der Waals surface area contributed by atoms with E-state index < -0.39 is 0 Å². The summed E-state index contributed by atoms with van der Waals surface area (Å²) in [6.45, 7) is 7.24. The summed E-state index contributed by atoms with van der Waals surface area (Å²) in [6, 6.07) is 9.24.